The van der Waals surface area contributed by atoms with Gasteiger partial charge in [-0.25, -0.2) is 0 Å². The first-order valence-electron chi connectivity index (χ1n) is 7.66. The van der Waals surface area contributed by atoms with Crippen LogP contribution in [0.15, 0.2) is 0 Å². The third kappa shape index (κ3) is 3.06. The van der Waals surface area contributed by atoms with Gasteiger partial charge in [0.25, 0.3) is 0 Å². The second-order valence-corrected chi connectivity index (χ2v) is 6.56. The summed E-state index contributed by atoms with van der Waals surface area (Å²) in [5, 5.41) is 19.4. The first-order valence-corrected chi connectivity index (χ1v) is 7.66. The fraction of sp³-hybridized carbons (Fsp3) is 1.00. The van der Waals surface area contributed by atoms with E-state index in [1.807, 2.05) is 0 Å². The quantitative estimate of drug-likeness (QED) is 0.755. The van der Waals surface area contributed by atoms with Crippen LogP contribution in [0.25, 0.3) is 0 Å². The Hall–Kier alpha value is -0.120. The molecule has 2 unspecified atom stereocenters. The summed E-state index contributed by atoms with van der Waals surface area (Å²) < 4.78 is 0. The molecule has 0 radical (unpaired) electrons. The van der Waals surface area contributed by atoms with Crippen molar-refractivity contribution in [1.82, 2.24) is 4.90 Å². The Morgan fingerprint density at radius 1 is 1.11 bits per heavy atom. The van der Waals surface area contributed by atoms with E-state index in [0.29, 0.717) is 18.6 Å². The summed E-state index contributed by atoms with van der Waals surface area (Å²) in [5.74, 6) is 0.594. The molecule has 0 aromatic heterocycles. The van der Waals surface area contributed by atoms with Crippen molar-refractivity contribution in [2.45, 2.75) is 57.9 Å². The summed E-state index contributed by atoms with van der Waals surface area (Å²) in [5.41, 5.74) is 0.105. The maximum Gasteiger partial charge on any atom is 0.0589 e. The average Bonchev–Trinajstić information content (AvgIpc) is 2.60. The molecule has 2 N–H and O–H groups in total. The van der Waals surface area contributed by atoms with Crippen molar-refractivity contribution in [3.8, 4) is 0 Å². The van der Waals surface area contributed by atoms with Crippen LogP contribution in [0.4, 0.5) is 0 Å². The molecule has 0 aromatic carbocycles. The normalized spacial score (nSPS) is 33.5. The molecule has 2 aliphatic rings. The Labute approximate surface area is 111 Å². The van der Waals surface area contributed by atoms with Gasteiger partial charge in [-0.3, -0.25) is 4.90 Å². The van der Waals surface area contributed by atoms with Gasteiger partial charge in [0.15, 0.2) is 0 Å². The summed E-state index contributed by atoms with van der Waals surface area (Å²) in [7, 11) is 0. The molecule has 3 nitrogen and oxygen atoms in total. The second kappa shape index (κ2) is 6.36. The molecule has 1 aliphatic carbocycles. The lowest BCUT2D eigenvalue weighted by Crippen LogP contribution is -2.44. The predicted octanol–water partition coefficient (Wildman–Crippen LogP) is 2.02. The Kier molecular flexibility index (Phi) is 5.05. The summed E-state index contributed by atoms with van der Waals surface area (Å²) in [6.07, 6.45) is 8.66. The van der Waals surface area contributed by atoms with Gasteiger partial charge in [-0.2, -0.15) is 0 Å². The van der Waals surface area contributed by atoms with Crippen LogP contribution >= 0.6 is 0 Å². The van der Waals surface area contributed by atoms with E-state index in [1.54, 1.807) is 0 Å². The highest BCUT2D eigenvalue weighted by molar-refractivity contribution is 4.91. The molecule has 3 heteroatoms. The first-order chi connectivity index (χ1) is 8.71. The number of aliphatic hydroxyl groups is 2. The zero-order valence-electron chi connectivity index (χ0n) is 11.8. The largest absolute Gasteiger partial charge is 0.396 e. The van der Waals surface area contributed by atoms with Crippen molar-refractivity contribution in [1.29, 1.82) is 0 Å². The summed E-state index contributed by atoms with van der Waals surface area (Å²) in [4.78, 5) is 2.44. The maximum absolute atomic E-state index is 9.86. The molecule has 2 rings (SSSR count). The van der Waals surface area contributed by atoms with E-state index in [-0.39, 0.29) is 12.0 Å². The molecule has 2 atom stereocenters. The maximum atomic E-state index is 9.86. The van der Waals surface area contributed by atoms with Crippen molar-refractivity contribution in [2.24, 2.45) is 11.3 Å². The average molecular weight is 255 g/mol. The molecule has 1 heterocycles. The van der Waals surface area contributed by atoms with Gasteiger partial charge in [0.2, 0.25) is 0 Å². The van der Waals surface area contributed by atoms with E-state index < -0.39 is 0 Å². The van der Waals surface area contributed by atoms with Crippen LogP contribution < -0.4 is 0 Å². The van der Waals surface area contributed by atoms with Gasteiger partial charge in [-0.15, -0.1) is 0 Å². The Bertz CT molecular complexity index is 249. The number of nitrogens with zero attached hydrogens (tertiary/aromatic N) is 1. The van der Waals surface area contributed by atoms with Crippen molar-refractivity contribution in [3.63, 3.8) is 0 Å². The zero-order chi connectivity index (χ0) is 13.0. The molecule has 2 fully saturated rings. The fourth-order valence-corrected chi connectivity index (χ4v) is 3.85. The monoisotopic (exact) mass is 255 g/mol. The van der Waals surface area contributed by atoms with Gasteiger partial charge in [-0.1, -0.05) is 32.6 Å². The number of hydrogen-bond donors (Lipinski definition) is 2. The second-order valence-electron chi connectivity index (χ2n) is 6.56. The molecule has 18 heavy (non-hydrogen) atoms. The van der Waals surface area contributed by atoms with Crippen LogP contribution in [0.5, 0.6) is 0 Å². The molecule has 1 saturated heterocycles. The Morgan fingerprint density at radius 2 is 1.78 bits per heavy atom. The molecule has 106 valence electrons. The van der Waals surface area contributed by atoms with E-state index in [0.717, 1.165) is 25.9 Å². The van der Waals surface area contributed by atoms with Gasteiger partial charge >= 0.3 is 0 Å². The SMILES string of the molecule is CC1CCN(CC2(CO)CCCCCC2)C1CO. The third-order valence-corrected chi connectivity index (χ3v) is 5.22. The predicted molar refractivity (Wildman–Crippen MR) is 73.4 cm³/mol. The third-order valence-electron chi connectivity index (χ3n) is 5.22. The fourth-order valence-electron chi connectivity index (χ4n) is 3.85. The molecule has 0 bridgehead atoms. The molecular formula is C15H29NO2. The van der Waals surface area contributed by atoms with Crippen molar-refractivity contribution in [3.05, 3.63) is 0 Å². The zero-order valence-corrected chi connectivity index (χ0v) is 11.8. The van der Waals surface area contributed by atoms with Crippen LogP contribution in [0, 0.1) is 11.3 Å². The highest BCUT2D eigenvalue weighted by Crippen LogP contribution is 2.37. The molecular weight excluding hydrogens is 226 g/mol. The number of likely N-dealkylation sites (tertiary alicyclic amines) is 1. The van der Waals surface area contributed by atoms with Gasteiger partial charge in [0.1, 0.15) is 0 Å². The minimum atomic E-state index is 0.105. The Balaban J connectivity index is 2.00. The van der Waals surface area contributed by atoms with Crippen molar-refractivity contribution >= 4 is 0 Å². The lowest BCUT2D eigenvalue weighted by molar-refractivity contribution is 0.0378. The van der Waals surface area contributed by atoms with E-state index in [9.17, 15) is 10.2 Å². The standard InChI is InChI=1S/C15H29NO2/c1-13-6-9-16(14(13)10-17)11-15(12-18)7-4-2-3-5-8-15/h13-14,17-18H,2-12H2,1H3. The number of hydrogen-bond acceptors (Lipinski definition) is 3. The highest BCUT2D eigenvalue weighted by atomic mass is 16.3. The van der Waals surface area contributed by atoms with Gasteiger partial charge in [0, 0.05) is 24.6 Å². The van der Waals surface area contributed by atoms with Gasteiger partial charge < -0.3 is 10.2 Å². The first kappa shape index (κ1) is 14.3. The van der Waals surface area contributed by atoms with Crippen LogP contribution in [0.1, 0.15) is 51.9 Å². The minimum absolute atomic E-state index is 0.105. The van der Waals surface area contributed by atoms with Crippen LogP contribution in [0.2, 0.25) is 0 Å². The topological polar surface area (TPSA) is 43.7 Å². The van der Waals surface area contributed by atoms with E-state index in [2.05, 4.69) is 11.8 Å². The number of aliphatic hydroxyl groups excluding tert-OH is 2. The van der Waals surface area contributed by atoms with E-state index in [4.69, 9.17) is 0 Å². The summed E-state index contributed by atoms with van der Waals surface area (Å²) in [6, 6.07) is 0.316. The smallest absolute Gasteiger partial charge is 0.0589 e. The lowest BCUT2D eigenvalue weighted by Gasteiger charge is -2.37. The van der Waals surface area contributed by atoms with Crippen LogP contribution in [0.3, 0.4) is 0 Å². The number of rotatable bonds is 4. The minimum Gasteiger partial charge on any atom is -0.396 e. The molecule has 0 aromatic rings. The summed E-state index contributed by atoms with van der Waals surface area (Å²) in [6.45, 7) is 4.89. The van der Waals surface area contributed by atoms with Gasteiger partial charge in [0.05, 0.1) is 6.61 Å². The molecule has 1 saturated carbocycles. The van der Waals surface area contributed by atoms with Crippen LogP contribution in [-0.2, 0) is 0 Å². The highest BCUT2D eigenvalue weighted by Gasteiger charge is 2.38. The molecule has 0 amide bonds. The van der Waals surface area contributed by atoms with Crippen molar-refractivity contribution in [2.75, 3.05) is 26.3 Å². The molecule has 0 spiro atoms. The lowest BCUT2D eigenvalue weighted by atomic mass is 9.80. The van der Waals surface area contributed by atoms with Gasteiger partial charge in [-0.05, 0) is 31.7 Å². The Morgan fingerprint density at radius 3 is 2.33 bits per heavy atom. The van der Waals surface area contributed by atoms with Crippen molar-refractivity contribution < 1.29 is 10.2 Å². The van der Waals surface area contributed by atoms with E-state index in [1.165, 1.54) is 32.1 Å². The van der Waals surface area contributed by atoms with E-state index >= 15 is 0 Å². The summed E-state index contributed by atoms with van der Waals surface area (Å²) >= 11 is 0. The molecule has 1 aliphatic heterocycles. The van der Waals surface area contributed by atoms with Crippen LogP contribution in [-0.4, -0.2) is 47.5 Å².